The predicted octanol–water partition coefficient (Wildman–Crippen LogP) is 1.29. The molecule has 0 saturated carbocycles. The van der Waals surface area contributed by atoms with Crippen LogP contribution in [0.25, 0.3) is 0 Å². The van der Waals surface area contributed by atoms with E-state index in [1.54, 1.807) is 11.9 Å². The molecule has 5 heteroatoms. The monoisotopic (exact) mass is 268 g/mol. The zero-order valence-corrected chi connectivity index (χ0v) is 11.1. The van der Waals surface area contributed by atoms with Crippen LogP contribution in [0.1, 0.15) is 5.56 Å². The number of amides is 1. The van der Waals surface area contributed by atoms with Gasteiger partial charge in [0.25, 0.3) is 0 Å². The lowest BCUT2D eigenvalue weighted by Crippen LogP contribution is -2.51. The van der Waals surface area contributed by atoms with Crippen molar-refractivity contribution >= 4 is 17.5 Å². The molecule has 0 unspecified atom stereocenters. The first kappa shape index (κ1) is 13.3. The molecule has 1 N–H and O–H groups in total. The average Bonchev–Trinajstić information content (AvgIpc) is 2.41. The summed E-state index contributed by atoms with van der Waals surface area (Å²) in [7, 11) is 1.78. The van der Waals surface area contributed by atoms with E-state index in [1.165, 1.54) is 0 Å². The number of rotatable bonds is 3. The molecular weight excluding hydrogens is 252 g/mol. The SMILES string of the molecule is CN(Cc1ccccc1Cl)C(=O)[C@H]1COCCN1. The first-order chi connectivity index (χ1) is 8.68. The number of hydrogen-bond donors (Lipinski definition) is 1. The van der Waals surface area contributed by atoms with Gasteiger partial charge in [-0.15, -0.1) is 0 Å². The van der Waals surface area contributed by atoms with E-state index in [2.05, 4.69) is 5.32 Å². The maximum atomic E-state index is 12.2. The van der Waals surface area contributed by atoms with E-state index in [-0.39, 0.29) is 11.9 Å². The van der Waals surface area contributed by atoms with Gasteiger partial charge in [-0.1, -0.05) is 29.8 Å². The van der Waals surface area contributed by atoms with Gasteiger partial charge >= 0.3 is 0 Å². The van der Waals surface area contributed by atoms with Gasteiger partial charge in [0.05, 0.1) is 13.2 Å². The van der Waals surface area contributed by atoms with Crippen molar-refractivity contribution in [3.05, 3.63) is 34.9 Å². The molecule has 0 aromatic heterocycles. The van der Waals surface area contributed by atoms with Crippen LogP contribution in [0.4, 0.5) is 0 Å². The summed E-state index contributed by atoms with van der Waals surface area (Å²) in [4.78, 5) is 13.8. The zero-order valence-electron chi connectivity index (χ0n) is 10.4. The van der Waals surface area contributed by atoms with E-state index in [4.69, 9.17) is 16.3 Å². The van der Waals surface area contributed by atoms with Crippen molar-refractivity contribution in [3.63, 3.8) is 0 Å². The van der Waals surface area contributed by atoms with E-state index >= 15 is 0 Å². The summed E-state index contributed by atoms with van der Waals surface area (Å²) in [5.41, 5.74) is 0.951. The standard InChI is InChI=1S/C13H17ClN2O2/c1-16(8-10-4-2-3-5-11(10)14)13(17)12-9-18-7-6-15-12/h2-5,12,15H,6-9H2,1H3/t12-/m1/s1. The van der Waals surface area contributed by atoms with Crippen molar-refractivity contribution in [1.82, 2.24) is 10.2 Å². The van der Waals surface area contributed by atoms with Crippen molar-refractivity contribution in [2.45, 2.75) is 12.6 Å². The third kappa shape index (κ3) is 3.22. The van der Waals surface area contributed by atoms with Crippen molar-refractivity contribution in [2.75, 3.05) is 26.8 Å². The Bertz CT molecular complexity index is 419. The Hall–Kier alpha value is -1.10. The van der Waals surface area contributed by atoms with Gasteiger partial charge in [-0.05, 0) is 11.6 Å². The van der Waals surface area contributed by atoms with Crippen LogP contribution in [0.3, 0.4) is 0 Å². The summed E-state index contributed by atoms with van der Waals surface area (Å²) < 4.78 is 5.29. The molecular formula is C13H17ClN2O2. The second-order valence-corrected chi connectivity index (χ2v) is 4.77. The normalized spacial score (nSPS) is 19.6. The smallest absolute Gasteiger partial charge is 0.242 e. The Morgan fingerprint density at radius 1 is 1.56 bits per heavy atom. The number of benzene rings is 1. The Morgan fingerprint density at radius 2 is 2.33 bits per heavy atom. The quantitative estimate of drug-likeness (QED) is 0.898. The molecule has 18 heavy (non-hydrogen) atoms. The van der Waals surface area contributed by atoms with Crippen LogP contribution in [-0.2, 0) is 16.1 Å². The van der Waals surface area contributed by atoms with Crippen LogP contribution in [0.5, 0.6) is 0 Å². The van der Waals surface area contributed by atoms with E-state index in [9.17, 15) is 4.79 Å². The topological polar surface area (TPSA) is 41.6 Å². The van der Waals surface area contributed by atoms with Crippen LogP contribution < -0.4 is 5.32 Å². The molecule has 1 saturated heterocycles. The number of hydrogen-bond acceptors (Lipinski definition) is 3. The summed E-state index contributed by atoms with van der Waals surface area (Å²) in [6.45, 7) is 2.33. The van der Waals surface area contributed by atoms with Crippen LogP contribution >= 0.6 is 11.6 Å². The molecule has 0 radical (unpaired) electrons. The van der Waals surface area contributed by atoms with E-state index in [0.717, 1.165) is 12.1 Å². The highest BCUT2D eigenvalue weighted by Gasteiger charge is 2.24. The number of halogens is 1. The van der Waals surface area contributed by atoms with Gasteiger partial charge in [0.15, 0.2) is 0 Å². The average molecular weight is 269 g/mol. The van der Waals surface area contributed by atoms with Gasteiger partial charge in [-0.2, -0.15) is 0 Å². The second kappa shape index (κ2) is 6.18. The lowest BCUT2D eigenvalue weighted by molar-refractivity contribution is -0.135. The zero-order chi connectivity index (χ0) is 13.0. The molecule has 1 amide bonds. The fourth-order valence-corrected chi connectivity index (χ4v) is 2.15. The molecule has 98 valence electrons. The molecule has 1 atom stereocenters. The maximum absolute atomic E-state index is 12.2. The van der Waals surface area contributed by atoms with Crippen molar-refractivity contribution in [2.24, 2.45) is 0 Å². The number of morpholine rings is 1. The number of ether oxygens (including phenoxy) is 1. The van der Waals surface area contributed by atoms with Gasteiger partial charge in [-0.3, -0.25) is 4.79 Å². The summed E-state index contributed by atoms with van der Waals surface area (Å²) in [6, 6.07) is 7.31. The van der Waals surface area contributed by atoms with Crippen molar-refractivity contribution < 1.29 is 9.53 Å². The molecule has 1 aliphatic heterocycles. The number of carbonyl (C=O) groups excluding carboxylic acids is 1. The Morgan fingerprint density at radius 3 is 3.00 bits per heavy atom. The van der Waals surface area contributed by atoms with Gasteiger partial charge < -0.3 is 15.0 Å². The van der Waals surface area contributed by atoms with Crippen molar-refractivity contribution in [3.8, 4) is 0 Å². The first-order valence-corrected chi connectivity index (χ1v) is 6.36. The second-order valence-electron chi connectivity index (χ2n) is 4.37. The van der Waals surface area contributed by atoms with Crippen LogP contribution in [-0.4, -0.2) is 43.7 Å². The highest BCUT2D eigenvalue weighted by molar-refractivity contribution is 6.31. The molecule has 0 aliphatic carbocycles. The Kier molecular flexibility index (Phi) is 4.58. The van der Waals surface area contributed by atoms with Crippen LogP contribution in [0.2, 0.25) is 5.02 Å². The highest BCUT2D eigenvalue weighted by Crippen LogP contribution is 2.16. The fourth-order valence-electron chi connectivity index (χ4n) is 1.95. The maximum Gasteiger partial charge on any atom is 0.242 e. The molecule has 1 aromatic rings. The van der Waals surface area contributed by atoms with E-state index in [0.29, 0.717) is 24.8 Å². The molecule has 2 rings (SSSR count). The lowest BCUT2D eigenvalue weighted by Gasteiger charge is -2.27. The van der Waals surface area contributed by atoms with E-state index < -0.39 is 0 Å². The molecule has 1 heterocycles. The molecule has 1 aliphatic rings. The summed E-state index contributed by atoms with van der Waals surface area (Å²) in [5.74, 6) is 0.0367. The van der Waals surface area contributed by atoms with Crippen LogP contribution in [0, 0.1) is 0 Å². The van der Waals surface area contributed by atoms with Crippen LogP contribution in [0.15, 0.2) is 24.3 Å². The van der Waals surface area contributed by atoms with Gasteiger partial charge in [-0.25, -0.2) is 0 Å². The fraction of sp³-hybridized carbons (Fsp3) is 0.462. The third-order valence-corrected chi connectivity index (χ3v) is 3.33. The molecule has 1 aromatic carbocycles. The highest BCUT2D eigenvalue weighted by atomic mass is 35.5. The summed E-state index contributed by atoms with van der Waals surface area (Å²) >= 11 is 6.08. The first-order valence-electron chi connectivity index (χ1n) is 5.98. The largest absolute Gasteiger partial charge is 0.378 e. The summed E-state index contributed by atoms with van der Waals surface area (Å²) in [6.07, 6.45) is 0. The Labute approximate surface area is 112 Å². The third-order valence-electron chi connectivity index (χ3n) is 2.96. The number of nitrogens with one attached hydrogen (secondary N) is 1. The van der Waals surface area contributed by atoms with E-state index in [1.807, 2.05) is 24.3 Å². The van der Waals surface area contributed by atoms with Crippen molar-refractivity contribution in [1.29, 1.82) is 0 Å². The minimum Gasteiger partial charge on any atom is -0.378 e. The molecule has 1 fully saturated rings. The lowest BCUT2D eigenvalue weighted by atomic mass is 10.2. The minimum atomic E-state index is -0.244. The molecule has 0 bridgehead atoms. The Balaban J connectivity index is 1.96. The predicted molar refractivity (Wildman–Crippen MR) is 70.5 cm³/mol. The minimum absolute atomic E-state index is 0.0367. The van der Waals surface area contributed by atoms with Gasteiger partial charge in [0.2, 0.25) is 5.91 Å². The van der Waals surface area contributed by atoms with Gasteiger partial charge in [0, 0.05) is 25.2 Å². The summed E-state index contributed by atoms with van der Waals surface area (Å²) in [5, 5.41) is 3.84. The van der Waals surface area contributed by atoms with Gasteiger partial charge in [0.1, 0.15) is 6.04 Å². The molecule has 4 nitrogen and oxygen atoms in total. The number of nitrogens with zero attached hydrogens (tertiary/aromatic N) is 1. The number of carbonyl (C=O) groups is 1. The molecule has 0 spiro atoms. The number of likely N-dealkylation sites (N-methyl/N-ethyl adjacent to an activating group) is 1.